The molecule has 0 saturated carbocycles. The van der Waals surface area contributed by atoms with Gasteiger partial charge in [-0.1, -0.05) is 23.7 Å². The normalized spacial score (nSPS) is 10.2. The van der Waals surface area contributed by atoms with Crippen LogP contribution in [0.2, 0.25) is 5.02 Å². The Morgan fingerprint density at radius 1 is 1.32 bits per heavy atom. The fourth-order valence-corrected chi connectivity index (χ4v) is 2.80. The minimum Gasteiger partial charge on any atom is -0.487 e. The zero-order chi connectivity index (χ0) is 16.1. The average Bonchev–Trinajstić information content (AvgIpc) is 2.48. The molecule has 2 rings (SSSR count). The van der Waals surface area contributed by atoms with Crippen LogP contribution in [0.4, 0.5) is 10.5 Å². The topological polar surface area (TPSA) is 47.6 Å². The van der Waals surface area contributed by atoms with E-state index in [1.807, 2.05) is 37.3 Å². The molecule has 1 amide bonds. The second-order valence-electron chi connectivity index (χ2n) is 4.61. The van der Waals surface area contributed by atoms with Crippen LogP contribution < -0.4 is 10.1 Å². The molecule has 116 valence electrons. The zero-order valence-corrected chi connectivity index (χ0v) is 15.1. The van der Waals surface area contributed by atoms with Gasteiger partial charge in [-0.3, -0.25) is 5.32 Å². The third kappa shape index (κ3) is 4.27. The lowest BCUT2D eigenvalue weighted by atomic mass is 10.2. The smallest absolute Gasteiger partial charge is 0.411 e. The molecule has 0 atom stereocenters. The van der Waals surface area contributed by atoms with Crippen molar-refractivity contribution >= 4 is 46.0 Å². The maximum atomic E-state index is 11.4. The summed E-state index contributed by atoms with van der Waals surface area (Å²) in [6.07, 6.45) is -0.517. The van der Waals surface area contributed by atoms with E-state index in [0.717, 1.165) is 14.7 Å². The predicted molar refractivity (Wildman–Crippen MR) is 95.7 cm³/mol. The SMILES string of the molecule is COC(=O)Nc1cccc(I)c1COc1ccc(C)cc1Cl. The summed E-state index contributed by atoms with van der Waals surface area (Å²) in [6.45, 7) is 2.26. The predicted octanol–water partition coefficient (Wildman–Crippen LogP) is 5.01. The highest BCUT2D eigenvalue weighted by Crippen LogP contribution is 2.28. The van der Waals surface area contributed by atoms with Gasteiger partial charge in [-0.05, 0) is 59.3 Å². The van der Waals surface area contributed by atoms with E-state index in [0.29, 0.717) is 23.1 Å². The molecule has 0 aromatic heterocycles. The van der Waals surface area contributed by atoms with Crippen LogP contribution in [0.5, 0.6) is 5.75 Å². The summed E-state index contributed by atoms with van der Waals surface area (Å²) >= 11 is 8.36. The maximum Gasteiger partial charge on any atom is 0.411 e. The lowest BCUT2D eigenvalue weighted by molar-refractivity contribution is 0.187. The highest BCUT2D eigenvalue weighted by molar-refractivity contribution is 14.1. The van der Waals surface area contributed by atoms with Gasteiger partial charge in [0.15, 0.2) is 0 Å². The number of amides is 1. The maximum absolute atomic E-state index is 11.4. The van der Waals surface area contributed by atoms with Crippen LogP contribution in [0.1, 0.15) is 11.1 Å². The molecule has 2 aromatic rings. The second kappa shape index (κ2) is 7.69. The number of carbonyl (C=O) groups is 1. The summed E-state index contributed by atoms with van der Waals surface area (Å²) in [7, 11) is 1.32. The second-order valence-corrected chi connectivity index (χ2v) is 6.17. The van der Waals surface area contributed by atoms with Gasteiger partial charge < -0.3 is 9.47 Å². The minimum atomic E-state index is -0.517. The fraction of sp³-hybridized carbons (Fsp3) is 0.188. The van der Waals surface area contributed by atoms with Gasteiger partial charge in [-0.2, -0.15) is 0 Å². The Hall–Kier alpha value is -1.47. The van der Waals surface area contributed by atoms with E-state index in [1.165, 1.54) is 7.11 Å². The van der Waals surface area contributed by atoms with Gasteiger partial charge in [0.2, 0.25) is 0 Å². The van der Waals surface area contributed by atoms with Gasteiger partial charge in [-0.15, -0.1) is 0 Å². The molecular weight excluding hydrogens is 417 g/mol. The first kappa shape index (κ1) is 16.9. The van der Waals surface area contributed by atoms with Crippen molar-refractivity contribution in [3.63, 3.8) is 0 Å². The summed E-state index contributed by atoms with van der Waals surface area (Å²) in [5.41, 5.74) is 2.59. The van der Waals surface area contributed by atoms with Crippen molar-refractivity contribution in [2.75, 3.05) is 12.4 Å². The highest BCUT2D eigenvalue weighted by Gasteiger charge is 2.11. The number of rotatable bonds is 4. The monoisotopic (exact) mass is 431 g/mol. The molecule has 0 aliphatic carbocycles. The quantitative estimate of drug-likeness (QED) is 0.692. The average molecular weight is 432 g/mol. The number of methoxy groups -OCH3 is 1. The van der Waals surface area contributed by atoms with E-state index >= 15 is 0 Å². The number of nitrogens with one attached hydrogen (secondary N) is 1. The van der Waals surface area contributed by atoms with Gasteiger partial charge in [0.1, 0.15) is 12.4 Å². The zero-order valence-electron chi connectivity index (χ0n) is 12.2. The Bertz CT molecular complexity index is 691. The Morgan fingerprint density at radius 2 is 2.09 bits per heavy atom. The van der Waals surface area contributed by atoms with Crippen LogP contribution in [0.15, 0.2) is 36.4 Å². The molecule has 6 heteroatoms. The lowest BCUT2D eigenvalue weighted by Gasteiger charge is -2.14. The molecule has 0 aliphatic rings. The highest BCUT2D eigenvalue weighted by atomic mass is 127. The molecule has 0 bridgehead atoms. The lowest BCUT2D eigenvalue weighted by Crippen LogP contribution is -2.14. The third-order valence-electron chi connectivity index (χ3n) is 3.00. The summed E-state index contributed by atoms with van der Waals surface area (Å²) in [6, 6.07) is 11.2. The molecule has 0 saturated heterocycles. The number of carbonyl (C=O) groups excluding carboxylic acids is 1. The van der Waals surface area contributed by atoms with Crippen LogP contribution in [0, 0.1) is 10.5 Å². The molecule has 22 heavy (non-hydrogen) atoms. The Morgan fingerprint density at radius 3 is 2.77 bits per heavy atom. The van der Waals surface area contributed by atoms with E-state index in [9.17, 15) is 4.79 Å². The molecule has 1 N–H and O–H groups in total. The van der Waals surface area contributed by atoms with Crippen molar-refractivity contribution < 1.29 is 14.3 Å². The standard InChI is InChI=1S/C16H15ClINO3/c1-10-6-7-15(12(17)8-10)22-9-11-13(18)4-3-5-14(11)19-16(20)21-2/h3-8H,9H2,1-2H3,(H,19,20). The van der Waals surface area contributed by atoms with E-state index in [-0.39, 0.29) is 0 Å². The summed E-state index contributed by atoms with van der Waals surface area (Å²) in [5, 5.41) is 3.25. The largest absolute Gasteiger partial charge is 0.487 e. The van der Waals surface area contributed by atoms with E-state index < -0.39 is 6.09 Å². The van der Waals surface area contributed by atoms with Crippen LogP contribution in [0.25, 0.3) is 0 Å². The molecule has 0 radical (unpaired) electrons. The van der Waals surface area contributed by atoms with Gasteiger partial charge in [0.05, 0.1) is 17.8 Å². The molecule has 4 nitrogen and oxygen atoms in total. The van der Waals surface area contributed by atoms with Crippen molar-refractivity contribution in [2.24, 2.45) is 0 Å². The number of halogens is 2. The van der Waals surface area contributed by atoms with E-state index in [4.69, 9.17) is 16.3 Å². The molecular formula is C16H15ClINO3. The first-order valence-electron chi connectivity index (χ1n) is 6.52. The number of anilines is 1. The van der Waals surface area contributed by atoms with Crippen molar-refractivity contribution in [3.8, 4) is 5.75 Å². The van der Waals surface area contributed by atoms with Gasteiger partial charge >= 0.3 is 6.09 Å². The van der Waals surface area contributed by atoms with Gasteiger partial charge in [0.25, 0.3) is 0 Å². The Labute approximate surface area is 147 Å². The minimum absolute atomic E-state index is 0.293. The summed E-state index contributed by atoms with van der Waals surface area (Å²) in [4.78, 5) is 11.4. The van der Waals surface area contributed by atoms with Crippen molar-refractivity contribution in [1.29, 1.82) is 0 Å². The first-order chi connectivity index (χ1) is 10.5. The van der Waals surface area contributed by atoms with E-state index in [2.05, 4.69) is 32.6 Å². The third-order valence-corrected chi connectivity index (χ3v) is 4.31. The summed E-state index contributed by atoms with van der Waals surface area (Å²) in [5.74, 6) is 0.607. The van der Waals surface area contributed by atoms with Gasteiger partial charge in [-0.25, -0.2) is 4.79 Å². The number of benzene rings is 2. The van der Waals surface area contributed by atoms with Crippen molar-refractivity contribution in [3.05, 3.63) is 56.1 Å². The van der Waals surface area contributed by atoms with Crippen molar-refractivity contribution in [1.82, 2.24) is 0 Å². The van der Waals surface area contributed by atoms with Crippen LogP contribution in [-0.2, 0) is 11.3 Å². The van der Waals surface area contributed by atoms with Gasteiger partial charge in [0, 0.05) is 9.13 Å². The first-order valence-corrected chi connectivity index (χ1v) is 7.98. The molecule has 0 heterocycles. The number of aryl methyl sites for hydroxylation is 1. The molecule has 0 fully saturated rings. The number of hydrogen-bond acceptors (Lipinski definition) is 3. The summed E-state index contributed by atoms with van der Waals surface area (Å²) < 4.78 is 11.4. The Balaban J connectivity index is 2.19. The van der Waals surface area contributed by atoms with Crippen molar-refractivity contribution in [2.45, 2.75) is 13.5 Å². The molecule has 0 aliphatic heterocycles. The van der Waals surface area contributed by atoms with E-state index in [1.54, 1.807) is 6.07 Å². The van der Waals surface area contributed by atoms with Crippen LogP contribution in [0.3, 0.4) is 0 Å². The fourth-order valence-electron chi connectivity index (χ4n) is 1.86. The van der Waals surface area contributed by atoms with Crippen LogP contribution in [-0.4, -0.2) is 13.2 Å². The number of ether oxygens (including phenoxy) is 2. The number of hydrogen-bond donors (Lipinski definition) is 1. The molecule has 2 aromatic carbocycles. The Kier molecular flexibility index (Phi) is 5.90. The molecule has 0 unspecified atom stereocenters. The van der Waals surface area contributed by atoms with Crippen LogP contribution >= 0.6 is 34.2 Å². The molecule has 0 spiro atoms.